The number of hydrogen-bond acceptors (Lipinski definition) is 6. The summed E-state index contributed by atoms with van der Waals surface area (Å²) in [6.07, 6.45) is 1.84. The molecule has 4 rings (SSSR count). The van der Waals surface area contributed by atoms with Gasteiger partial charge in [-0.05, 0) is 35.6 Å². The van der Waals surface area contributed by atoms with Crippen LogP contribution < -0.4 is 11.3 Å². The lowest BCUT2D eigenvalue weighted by Gasteiger charge is -2.20. The van der Waals surface area contributed by atoms with E-state index in [0.717, 1.165) is 17.7 Å². The minimum absolute atomic E-state index is 0.0540. The largest absolute Gasteiger partial charge is 0.423 e. The Balaban J connectivity index is 1.76. The Morgan fingerprint density at radius 3 is 2.90 bits per heavy atom. The number of benzene rings is 1. The van der Waals surface area contributed by atoms with Crippen LogP contribution in [0.5, 0.6) is 0 Å². The Morgan fingerprint density at radius 2 is 2.14 bits per heavy atom. The molecule has 3 N–H and O–H groups in total. The fraction of sp³-hybridized carbons (Fsp3) is 0.250. The summed E-state index contributed by atoms with van der Waals surface area (Å²) >= 11 is 0. The number of hydrogen-bond donors (Lipinski definition) is 2. The normalized spacial score (nSPS) is 13.4. The summed E-state index contributed by atoms with van der Waals surface area (Å²) in [6, 6.07) is 3.05. The lowest BCUT2D eigenvalue weighted by Crippen LogP contribution is -2.29. The van der Waals surface area contributed by atoms with Gasteiger partial charge in [0.1, 0.15) is 17.2 Å². The summed E-state index contributed by atoms with van der Waals surface area (Å²) < 4.78 is 32.6. The molecule has 1 aliphatic rings. The van der Waals surface area contributed by atoms with Gasteiger partial charge in [0.25, 0.3) is 5.56 Å². The minimum Gasteiger partial charge on any atom is -0.423 e. The molecule has 0 amide bonds. The maximum atomic E-state index is 13.8. The van der Waals surface area contributed by atoms with E-state index in [1.54, 1.807) is 6.20 Å². The average molecular weight is 401 g/mol. The third-order valence-corrected chi connectivity index (χ3v) is 5.08. The molecule has 29 heavy (non-hydrogen) atoms. The molecule has 0 atom stereocenters. The van der Waals surface area contributed by atoms with Gasteiger partial charge < -0.3 is 15.7 Å². The Morgan fingerprint density at radius 1 is 1.34 bits per heavy atom. The van der Waals surface area contributed by atoms with E-state index in [-0.39, 0.29) is 41.9 Å². The lowest BCUT2D eigenvalue weighted by molar-refractivity contribution is 0.0975. The van der Waals surface area contributed by atoms with Crippen molar-refractivity contribution in [1.82, 2.24) is 9.71 Å². The van der Waals surface area contributed by atoms with Gasteiger partial charge in [0.15, 0.2) is 11.4 Å². The van der Waals surface area contributed by atoms with E-state index in [2.05, 4.69) is 4.98 Å². The number of carbonyl (C=O) groups is 1. The smallest absolute Gasteiger partial charge is 0.297 e. The van der Waals surface area contributed by atoms with E-state index in [0.29, 0.717) is 28.7 Å². The first-order valence-corrected chi connectivity index (χ1v) is 8.97. The van der Waals surface area contributed by atoms with Crippen molar-refractivity contribution in [2.24, 2.45) is 0 Å². The van der Waals surface area contributed by atoms with Crippen molar-refractivity contribution < 1.29 is 23.5 Å². The molecule has 9 heteroatoms. The van der Waals surface area contributed by atoms with Crippen LogP contribution in [0, 0.1) is 11.6 Å². The molecule has 0 saturated heterocycles. The van der Waals surface area contributed by atoms with Gasteiger partial charge in [0.2, 0.25) is 0 Å². The van der Waals surface area contributed by atoms with E-state index in [1.807, 2.05) is 0 Å². The molecule has 7 nitrogen and oxygen atoms in total. The average Bonchev–Trinajstić information content (AvgIpc) is 2.70. The molecule has 0 fully saturated rings. The second-order valence-electron chi connectivity index (χ2n) is 6.83. The SMILES string of the molecule is Nc1c(C(=O)CCc2ccc(F)cc2F)c(=O)n(O)c2ncc3c(c12)COCC3. The number of aromatic nitrogens is 2. The Hall–Kier alpha value is -3.33. The number of nitrogens with zero attached hydrogens (tertiary/aromatic N) is 2. The molecule has 0 spiro atoms. The van der Waals surface area contributed by atoms with Crippen molar-refractivity contribution in [3.8, 4) is 0 Å². The van der Waals surface area contributed by atoms with Crippen molar-refractivity contribution in [3.05, 3.63) is 68.6 Å². The van der Waals surface area contributed by atoms with Gasteiger partial charge in [-0.1, -0.05) is 6.07 Å². The number of ether oxygens (including phenoxy) is 1. The van der Waals surface area contributed by atoms with Crippen LogP contribution in [0.2, 0.25) is 0 Å². The highest BCUT2D eigenvalue weighted by Crippen LogP contribution is 2.30. The van der Waals surface area contributed by atoms with E-state index in [1.165, 1.54) is 6.07 Å². The third kappa shape index (κ3) is 3.23. The predicted octanol–water partition coefficient (Wildman–Crippen LogP) is 2.38. The van der Waals surface area contributed by atoms with E-state index in [4.69, 9.17) is 10.5 Å². The summed E-state index contributed by atoms with van der Waals surface area (Å²) in [4.78, 5) is 29.4. The molecular weight excluding hydrogens is 384 g/mol. The molecule has 0 radical (unpaired) electrons. The molecule has 1 aromatic carbocycles. The monoisotopic (exact) mass is 401 g/mol. The molecule has 0 aliphatic carbocycles. The number of nitrogen functional groups attached to an aromatic ring is 1. The molecule has 0 bridgehead atoms. The molecule has 3 heterocycles. The lowest BCUT2D eigenvalue weighted by atomic mass is 9.96. The van der Waals surface area contributed by atoms with Gasteiger partial charge in [-0.2, -0.15) is 0 Å². The number of aryl methyl sites for hydroxylation is 1. The maximum Gasteiger partial charge on any atom is 0.297 e. The van der Waals surface area contributed by atoms with Gasteiger partial charge >= 0.3 is 0 Å². The predicted molar refractivity (Wildman–Crippen MR) is 100.0 cm³/mol. The third-order valence-electron chi connectivity index (χ3n) is 5.08. The number of rotatable bonds is 4. The van der Waals surface area contributed by atoms with Gasteiger partial charge in [0, 0.05) is 18.7 Å². The number of Topliss-reactive ketones (excluding diaryl/α,β-unsaturated/α-hetero) is 1. The summed E-state index contributed by atoms with van der Waals surface area (Å²) in [6.45, 7) is 0.721. The van der Waals surface area contributed by atoms with Gasteiger partial charge in [0.05, 0.1) is 24.3 Å². The number of ketones is 1. The van der Waals surface area contributed by atoms with Gasteiger partial charge in [-0.3, -0.25) is 9.59 Å². The highest BCUT2D eigenvalue weighted by molar-refractivity contribution is 6.07. The molecule has 0 saturated carbocycles. The molecule has 2 aromatic heterocycles. The minimum atomic E-state index is -0.997. The van der Waals surface area contributed by atoms with Crippen LogP contribution in [0.1, 0.15) is 33.5 Å². The standard InChI is InChI=1S/C20H17F2N3O4/c21-12-3-1-10(14(22)7-12)2-4-15(26)17-18(23)16-13-9-29-6-5-11(13)8-24-19(16)25(28)20(17)27/h1,3,7-8,28H,2,4-6,9,23H2. The van der Waals surface area contributed by atoms with Crippen LogP contribution in [0.4, 0.5) is 14.5 Å². The second-order valence-corrected chi connectivity index (χ2v) is 6.83. The van der Waals surface area contributed by atoms with Crippen LogP contribution in [-0.2, 0) is 24.2 Å². The fourth-order valence-corrected chi connectivity index (χ4v) is 3.57. The van der Waals surface area contributed by atoms with Gasteiger partial charge in [-0.25, -0.2) is 13.8 Å². The molecule has 1 aliphatic heterocycles. The number of halogens is 2. The number of pyridine rings is 2. The molecule has 150 valence electrons. The quantitative estimate of drug-likeness (QED) is 0.513. The van der Waals surface area contributed by atoms with Crippen LogP contribution in [-0.4, -0.2) is 27.3 Å². The van der Waals surface area contributed by atoms with Crippen molar-refractivity contribution in [3.63, 3.8) is 0 Å². The number of nitrogens with two attached hydrogens (primary N) is 1. The van der Waals surface area contributed by atoms with Crippen LogP contribution >= 0.6 is 0 Å². The van der Waals surface area contributed by atoms with Crippen LogP contribution in [0.25, 0.3) is 11.0 Å². The molecule has 3 aromatic rings. The summed E-state index contributed by atoms with van der Waals surface area (Å²) in [5, 5.41) is 10.6. The Bertz CT molecular complexity index is 1210. The zero-order valence-corrected chi connectivity index (χ0v) is 15.2. The fourth-order valence-electron chi connectivity index (χ4n) is 3.57. The number of carbonyl (C=O) groups excluding carboxylic acids is 1. The zero-order chi connectivity index (χ0) is 20.7. The Kier molecular flexibility index (Phi) is 4.75. The van der Waals surface area contributed by atoms with E-state index >= 15 is 0 Å². The number of fused-ring (bicyclic) bond motifs is 3. The number of anilines is 1. The first-order valence-electron chi connectivity index (χ1n) is 8.97. The maximum absolute atomic E-state index is 13.8. The highest BCUT2D eigenvalue weighted by Gasteiger charge is 2.25. The zero-order valence-electron chi connectivity index (χ0n) is 15.2. The molecule has 0 unspecified atom stereocenters. The second kappa shape index (κ2) is 7.25. The highest BCUT2D eigenvalue weighted by atomic mass is 19.1. The van der Waals surface area contributed by atoms with Gasteiger partial charge in [-0.15, -0.1) is 4.73 Å². The first-order chi connectivity index (χ1) is 13.9. The Labute approximate surface area is 163 Å². The van der Waals surface area contributed by atoms with Crippen molar-refractivity contribution in [2.75, 3.05) is 12.3 Å². The topological polar surface area (TPSA) is 107 Å². The molecular formula is C20H17F2N3O4. The van der Waals surface area contributed by atoms with E-state index < -0.39 is 23.0 Å². The summed E-state index contributed by atoms with van der Waals surface area (Å²) in [5.74, 6) is -2.16. The van der Waals surface area contributed by atoms with Crippen molar-refractivity contribution in [2.45, 2.75) is 25.9 Å². The summed E-state index contributed by atoms with van der Waals surface area (Å²) in [5.41, 5.74) is 6.30. The summed E-state index contributed by atoms with van der Waals surface area (Å²) in [7, 11) is 0. The van der Waals surface area contributed by atoms with Crippen LogP contribution in [0.15, 0.2) is 29.2 Å². The van der Waals surface area contributed by atoms with Crippen LogP contribution in [0.3, 0.4) is 0 Å². The van der Waals surface area contributed by atoms with Crippen molar-refractivity contribution in [1.29, 1.82) is 0 Å². The first kappa shape index (κ1) is 19.0. The van der Waals surface area contributed by atoms with Crippen molar-refractivity contribution >= 4 is 22.5 Å². The van der Waals surface area contributed by atoms with E-state index in [9.17, 15) is 23.6 Å².